The van der Waals surface area contributed by atoms with Crippen LogP contribution in [0.2, 0.25) is 0 Å². The van der Waals surface area contributed by atoms with Crippen molar-refractivity contribution in [1.82, 2.24) is 10.8 Å². The van der Waals surface area contributed by atoms with Crippen molar-refractivity contribution in [2.45, 2.75) is 38.1 Å². The lowest BCUT2D eigenvalue weighted by Gasteiger charge is -2.28. The van der Waals surface area contributed by atoms with Crippen molar-refractivity contribution in [3.05, 3.63) is 71.8 Å². The number of hydrogen-bond donors (Lipinski definition) is 4. The third kappa shape index (κ3) is 9.39. The third-order valence-corrected chi connectivity index (χ3v) is 4.44. The molecule has 0 radical (unpaired) electrons. The van der Waals surface area contributed by atoms with Crippen molar-refractivity contribution in [2.75, 3.05) is 6.54 Å². The van der Waals surface area contributed by atoms with E-state index in [2.05, 4.69) is 10.8 Å². The van der Waals surface area contributed by atoms with Crippen LogP contribution in [0.4, 0.5) is 0 Å². The molecular formula is C22H26N2O7. The molecule has 1 aliphatic rings. The Morgan fingerprint density at radius 2 is 1.42 bits per heavy atom. The highest BCUT2D eigenvalue weighted by Crippen LogP contribution is 2.11. The highest BCUT2D eigenvalue weighted by atomic mass is 16.6. The van der Waals surface area contributed by atoms with Crippen LogP contribution in [0.1, 0.15) is 24.0 Å². The fourth-order valence-corrected chi connectivity index (χ4v) is 2.80. The molecule has 0 unspecified atom stereocenters. The third-order valence-electron chi connectivity index (χ3n) is 4.44. The molecule has 3 rings (SSSR count). The summed E-state index contributed by atoms with van der Waals surface area (Å²) in [6, 6.07) is 19.7. The minimum atomic E-state index is -1.82. The summed E-state index contributed by atoms with van der Waals surface area (Å²) in [6.45, 7) is 1.53. The smallest absolute Gasteiger partial charge is 0.414 e. The zero-order chi connectivity index (χ0) is 22.5. The molecule has 0 spiro atoms. The molecular weight excluding hydrogens is 404 g/mol. The lowest BCUT2D eigenvalue weighted by Crippen LogP contribution is -2.51. The SMILES string of the molecule is O=C(O)C(=O)O.O=C(OCc1ccccc1)[C@H]1CC[C@H](NOCc2ccccc2)CN1. The summed E-state index contributed by atoms with van der Waals surface area (Å²) in [7, 11) is 0. The monoisotopic (exact) mass is 430 g/mol. The first-order chi connectivity index (χ1) is 15.0. The van der Waals surface area contributed by atoms with E-state index in [1.807, 2.05) is 60.7 Å². The number of carbonyl (C=O) groups is 3. The number of nitrogens with one attached hydrogen (secondary N) is 2. The average molecular weight is 430 g/mol. The number of carboxylic acids is 2. The molecule has 1 heterocycles. The minimum absolute atomic E-state index is 0.187. The van der Waals surface area contributed by atoms with E-state index in [4.69, 9.17) is 29.4 Å². The van der Waals surface area contributed by atoms with E-state index in [9.17, 15) is 4.79 Å². The van der Waals surface area contributed by atoms with Gasteiger partial charge in [-0.3, -0.25) is 9.63 Å². The number of esters is 1. The van der Waals surface area contributed by atoms with E-state index >= 15 is 0 Å². The average Bonchev–Trinajstić information content (AvgIpc) is 2.80. The number of carboxylic acid groups (broad SMARTS) is 2. The van der Waals surface area contributed by atoms with Gasteiger partial charge in [-0.05, 0) is 24.0 Å². The number of carbonyl (C=O) groups excluding carboxylic acids is 1. The number of piperidine rings is 1. The molecule has 1 fully saturated rings. The summed E-state index contributed by atoms with van der Waals surface area (Å²) in [5, 5.41) is 18.0. The van der Waals surface area contributed by atoms with Gasteiger partial charge in [0.1, 0.15) is 12.6 Å². The van der Waals surface area contributed by atoms with Gasteiger partial charge in [0.25, 0.3) is 0 Å². The first-order valence-electron chi connectivity index (χ1n) is 9.77. The van der Waals surface area contributed by atoms with E-state index in [-0.39, 0.29) is 18.1 Å². The molecule has 0 saturated carbocycles. The Morgan fingerprint density at radius 3 is 1.90 bits per heavy atom. The first-order valence-corrected chi connectivity index (χ1v) is 9.77. The van der Waals surface area contributed by atoms with Gasteiger partial charge in [-0.1, -0.05) is 60.7 Å². The summed E-state index contributed by atoms with van der Waals surface area (Å²) >= 11 is 0. The van der Waals surface area contributed by atoms with Gasteiger partial charge in [-0.15, -0.1) is 0 Å². The topological polar surface area (TPSA) is 134 Å². The number of aliphatic carboxylic acids is 2. The molecule has 0 aromatic heterocycles. The molecule has 2 atom stereocenters. The van der Waals surface area contributed by atoms with E-state index < -0.39 is 11.9 Å². The van der Waals surface area contributed by atoms with Gasteiger partial charge >= 0.3 is 17.9 Å². The number of rotatable bonds is 7. The zero-order valence-electron chi connectivity index (χ0n) is 16.9. The molecule has 31 heavy (non-hydrogen) atoms. The Labute approximate surface area is 179 Å². The second-order valence-corrected chi connectivity index (χ2v) is 6.83. The zero-order valence-corrected chi connectivity index (χ0v) is 16.9. The Kier molecular flexibility index (Phi) is 10.2. The van der Waals surface area contributed by atoms with Crippen LogP contribution in [-0.2, 0) is 37.2 Å². The molecule has 0 amide bonds. The van der Waals surface area contributed by atoms with Crippen LogP contribution >= 0.6 is 0 Å². The predicted molar refractivity (Wildman–Crippen MR) is 111 cm³/mol. The van der Waals surface area contributed by atoms with E-state index in [1.54, 1.807) is 0 Å². The Morgan fingerprint density at radius 1 is 0.871 bits per heavy atom. The molecule has 4 N–H and O–H groups in total. The van der Waals surface area contributed by atoms with Crippen LogP contribution in [0.15, 0.2) is 60.7 Å². The highest BCUT2D eigenvalue weighted by molar-refractivity contribution is 6.27. The van der Waals surface area contributed by atoms with Gasteiger partial charge in [-0.25, -0.2) is 9.59 Å². The number of ether oxygens (including phenoxy) is 1. The second-order valence-electron chi connectivity index (χ2n) is 6.83. The van der Waals surface area contributed by atoms with Crippen molar-refractivity contribution in [1.29, 1.82) is 0 Å². The molecule has 0 bridgehead atoms. The molecule has 1 saturated heterocycles. The Hall–Kier alpha value is -3.27. The number of hydroxylamine groups is 1. The summed E-state index contributed by atoms with van der Waals surface area (Å²) < 4.78 is 5.39. The van der Waals surface area contributed by atoms with Gasteiger partial charge in [-0.2, -0.15) is 5.48 Å². The number of benzene rings is 2. The molecule has 2 aromatic rings. The largest absolute Gasteiger partial charge is 0.473 e. The maximum atomic E-state index is 12.1. The van der Waals surface area contributed by atoms with Gasteiger partial charge in [0, 0.05) is 12.6 Å². The fraction of sp³-hybridized carbons (Fsp3) is 0.318. The molecule has 9 heteroatoms. The van der Waals surface area contributed by atoms with Crippen molar-refractivity contribution in [3.63, 3.8) is 0 Å². The lowest BCUT2D eigenvalue weighted by molar-refractivity contribution is -0.159. The standard InChI is InChI=1S/C20H24N2O3.C2H2O4/c23-20(24-14-16-7-3-1-4-8-16)19-12-11-18(13-21-19)22-25-15-17-9-5-2-6-10-17;3-1(4)2(5)6/h1-10,18-19,21-22H,11-15H2;(H,3,4)(H,5,6)/t18-,19+;/m0./s1. The summed E-state index contributed by atoms with van der Waals surface area (Å²) in [5.74, 6) is -3.84. The van der Waals surface area contributed by atoms with Crippen molar-refractivity contribution in [3.8, 4) is 0 Å². The highest BCUT2D eigenvalue weighted by Gasteiger charge is 2.26. The molecule has 0 aliphatic carbocycles. The van der Waals surface area contributed by atoms with Crippen LogP contribution < -0.4 is 10.8 Å². The van der Waals surface area contributed by atoms with Crippen LogP contribution in [0, 0.1) is 0 Å². The number of hydrogen-bond acceptors (Lipinski definition) is 7. The van der Waals surface area contributed by atoms with E-state index in [0.717, 1.165) is 24.0 Å². The van der Waals surface area contributed by atoms with Gasteiger partial charge in [0.2, 0.25) is 0 Å². The van der Waals surface area contributed by atoms with Crippen LogP contribution in [-0.4, -0.2) is 46.7 Å². The Bertz CT molecular complexity index is 810. The molecule has 2 aromatic carbocycles. The van der Waals surface area contributed by atoms with Crippen LogP contribution in [0.5, 0.6) is 0 Å². The fourth-order valence-electron chi connectivity index (χ4n) is 2.80. The molecule has 166 valence electrons. The van der Waals surface area contributed by atoms with Crippen molar-refractivity contribution >= 4 is 17.9 Å². The van der Waals surface area contributed by atoms with Crippen LogP contribution in [0.3, 0.4) is 0 Å². The normalized spacial score (nSPS) is 17.7. The van der Waals surface area contributed by atoms with Gasteiger partial charge < -0.3 is 20.3 Å². The maximum absolute atomic E-state index is 12.1. The second kappa shape index (κ2) is 13.1. The molecule has 1 aliphatic heterocycles. The maximum Gasteiger partial charge on any atom is 0.414 e. The first kappa shape index (κ1) is 24.0. The van der Waals surface area contributed by atoms with Crippen molar-refractivity contribution in [2.24, 2.45) is 0 Å². The van der Waals surface area contributed by atoms with E-state index in [0.29, 0.717) is 19.8 Å². The predicted octanol–water partition coefficient (Wildman–Crippen LogP) is 1.73. The lowest BCUT2D eigenvalue weighted by atomic mass is 10.0. The summed E-state index contributed by atoms with van der Waals surface area (Å²) in [6.07, 6.45) is 1.60. The Balaban J connectivity index is 0.000000501. The van der Waals surface area contributed by atoms with Gasteiger partial charge in [0.15, 0.2) is 0 Å². The summed E-state index contributed by atoms with van der Waals surface area (Å²) in [4.78, 5) is 35.9. The van der Waals surface area contributed by atoms with Crippen molar-refractivity contribution < 1.29 is 34.2 Å². The summed E-state index contributed by atoms with van der Waals surface area (Å²) in [5.41, 5.74) is 5.20. The minimum Gasteiger partial charge on any atom is -0.473 e. The molecule has 9 nitrogen and oxygen atoms in total. The van der Waals surface area contributed by atoms with Crippen LogP contribution in [0.25, 0.3) is 0 Å². The quantitative estimate of drug-likeness (QED) is 0.294. The van der Waals surface area contributed by atoms with Gasteiger partial charge in [0.05, 0.1) is 6.61 Å². The van der Waals surface area contributed by atoms with E-state index in [1.165, 1.54) is 0 Å².